The Labute approximate surface area is 384 Å². The van der Waals surface area contributed by atoms with Gasteiger partial charge in [-0.25, -0.2) is 0 Å². The van der Waals surface area contributed by atoms with Crippen LogP contribution in [0.2, 0.25) is 0 Å². The van der Waals surface area contributed by atoms with E-state index >= 15 is 0 Å². The first-order valence-corrected chi connectivity index (χ1v) is 22.9. The SMILES string of the molecule is CC1(C)c2ccccc2-c2ccc(N(c3ccccc3)c3ccccc3-c3ccc4c(c3)c3cc(-c5ccc6c(c5)c5ccccc5n6-c5ccccc5)ccc3n4-c3ccccc3)cc21. The Morgan fingerprint density at radius 3 is 1.44 bits per heavy atom. The number of hydrogen-bond donors (Lipinski definition) is 0. The number of aromatic nitrogens is 2. The van der Waals surface area contributed by atoms with Crippen molar-refractivity contribution < 1.29 is 0 Å². The summed E-state index contributed by atoms with van der Waals surface area (Å²) in [5, 5.41) is 4.93. The molecule has 1 aliphatic carbocycles. The smallest absolute Gasteiger partial charge is 0.0541 e. The minimum Gasteiger partial charge on any atom is -0.310 e. The van der Waals surface area contributed by atoms with Crippen molar-refractivity contribution in [3.8, 4) is 44.8 Å². The molecule has 10 aromatic carbocycles. The van der Waals surface area contributed by atoms with E-state index in [1.165, 1.54) is 88.1 Å². The maximum absolute atomic E-state index is 2.44. The van der Waals surface area contributed by atoms with Crippen LogP contribution in [-0.2, 0) is 5.41 Å². The highest BCUT2D eigenvalue weighted by atomic mass is 15.1. The van der Waals surface area contributed by atoms with Crippen LogP contribution in [0, 0.1) is 0 Å². The summed E-state index contributed by atoms with van der Waals surface area (Å²) in [5.41, 5.74) is 20.5. The second kappa shape index (κ2) is 14.8. The lowest BCUT2D eigenvalue weighted by atomic mass is 9.82. The van der Waals surface area contributed by atoms with E-state index in [2.05, 4.69) is 264 Å². The zero-order chi connectivity index (χ0) is 43.9. The maximum Gasteiger partial charge on any atom is 0.0541 e. The molecule has 0 atom stereocenters. The van der Waals surface area contributed by atoms with Gasteiger partial charge in [-0.1, -0.05) is 153 Å². The topological polar surface area (TPSA) is 13.1 Å². The molecule has 0 spiro atoms. The van der Waals surface area contributed by atoms with E-state index in [-0.39, 0.29) is 5.41 Å². The summed E-state index contributed by atoms with van der Waals surface area (Å²) < 4.78 is 4.80. The number of para-hydroxylation sites is 5. The third-order valence-electron chi connectivity index (χ3n) is 14.1. The van der Waals surface area contributed by atoms with Crippen LogP contribution in [-0.4, -0.2) is 9.13 Å². The number of nitrogens with zero attached hydrogens (tertiary/aromatic N) is 3. The molecule has 2 heterocycles. The van der Waals surface area contributed by atoms with Gasteiger partial charge in [-0.3, -0.25) is 0 Å². The zero-order valence-corrected chi connectivity index (χ0v) is 36.9. The van der Waals surface area contributed by atoms with Crippen molar-refractivity contribution in [3.05, 3.63) is 248 Å². The first-order chi connectivity index (χ1) is 32.5. The van der Waals surface area contributed by atoms with E-state index in [1.54, 1.807) is 0 Å². The summed E-state index contributed by atoms with van der Waals surface area (Å²) in [6.45, 7) is 4.72. The Balaban J connectivity index is 0.988. The fraction of sp³-hybridized carbons (Fsp3) is 0.0476. The van der Waals surface area contributed by atoms with Gasteiger partial charge in [0.2, 0.25) is 0 Å². The molecule has 0 amide bonds. The van der Waals surface area contributed by atoms with Crippen molar-refractivity contribution in [2.45, 2.75) is 19.3 Å². The third kappa shape index (κ3) is 5.83. The predicted octanol–water partition coefficient (Wildman–Crippen LogP) is 17.0. The van der Waals surface area contributed by atoms with Gasteiger partial charge >= 0.3 is 0 Å². The second-order valence-corrected chi connectivity index (χ2v) is 18.1. The summed E-state index contributed by atoms with van der Waals surface area (Å²) in [4.78, 5) is 2.44. The molecule has 0 fully saturated rings. The molecule has 3 heteroatoms. The third-order valence-corrected chi connectivity index (χ3v) is 14.1. The lowest BCUT2D eigenvalue weighted by Crippen LogP contribution is -2.16. The molecule has 13 rings (SSSR count). The highest BCUT2D eigenvalue weighted by Gasteiger charge is 2.36. The molecule has 0 radical (unpaired) electrons. The van der Waals surface area contributed by atoms with Gasteiger partial charge in [0.05, 0.1) is 27.8 Å². The Morgan fingerprint density at radius 2 is 0.788 bits per heavy atom. The largest absolute Gasteiger partial charge is 0.310 e. The summed E-state index contributed by atoms with van der Waals surface area (Å²) in [5.74, 6) is 0. The first kappa shape index (κ1) is 38.1. The van der Waals surface area contributed by atoms with Gasteiger partial charge < -0.3 is 14.0 Å². The molecular weight excluding hydrogens is 799 g/mol. The van der Waals surface area contributed by atoms with Crippen LogP contribution >= 0.6 is 0 Å². The van der Waals surface area contributed by atoms with Gasteiger partial charge in [-0.2, -0.15) is 0 Å². The van der Waals surface area contributed by atoms with Crippen LogP contribution in [0.25, 0.3) is 88.4 Å². The van der Waals surface area contributed by atoms with Crippen molar-refractivity contribution in [2.75, 3.05) is 4.90 Å². The molecule has 312 valence electrons. The van der Waals surface area contributed by atoms with Gasteiger partial charge in [0.15, 0.2) is 0 Å². The Kier molecular flexibility index (Phi) is 8.56. The quantitative estimate of drug-likeness (QED) is 0.156. The monoisotopic (exact) mass is 843 g/mol. The van der Waals surface area contributed by atoms with Crippen LogP contribution in [0.1, 0.15) is 25.0 Å². The fourth-order valence-corrected chi connectivity index (χ4v) is 11.0. The van der Waals surface area contributed by atoms with E-state index in [1.807, 2.05) is 0 Å². The molecule has 66 heavy (non-hydrogen) atoms. The van der Waals surface area contributed by atoms with E-state index in [4.69, 9.17) is 0 Å². The van der Waals surface area contributed by atoms with E-state index in [0.29, 0.717) is 0 Å². The summed E-state index contributed by atoms with van der Waals surface area (Å²) in [6, 6.07) is 86.9. The minimum absolute atomic E-state index is 0.118. The average molecular weight is 844 g/mol. The average Bonchev–Trinajstić information content (AvgIpc) is 3.97. The van der Waals surface area contributed by atoms with E-state index in [0.717, 1.165) is 28.4 Å². The summed E-state index contributed by atoms with van der Waals surface area (Å²) in [7, 11) is 0. The van der Waals surface area contributed by atoms with Gasteiger partial charge in [0.1, 0.15) is 0 Å². The molecule has 1 aliphatic rings. The number of anilines is 3. The molecule has 12 aromatic rings. The standard InChI is InChI=1S/C63H45N3/c1-63(2)56-27-15-12-25-50(56)51-34-33-48(41-57(51)63)64(45-18-6-3-7-19-45)58-28-16-13-24-49(58)44-32-37-62-55(40-44)54-39-43(31-36-61(54)66(62)47-22-10-5-11-23-47)42-30-35-60-53(38-42)52-26-14-17-29-59(52)65(60)46-20-8-4-9-21-46/h3-41H,1-2H3. The number of hydrogen-bond acceptors (Lipinski definition) is 1. The number of rotatable bonds is 7. The van der Waals surface area contributed by atoms with Gasteiger partial charge in [0.25, 0.3) is 0 Å². The van der Waals surface area contributed by atoms with Gasteiger partial charge in [0, 0.05) is 55.3 Å². The highest BCUT2D eigenvalue weighted by Crippen LogP contribution is 2.51. The van der Waals surface area contributed by atoms with E-state index < -0.39 is 0 Å². The molecule has 0 saturated heterocycles. The lowest BCUT2D eigenvalue weighted by molar-refractivity contribution is 0.660. The number of benzene rings is 10. The van der Waals surface area contributed by atoms with Crippen LogP contribution in [0.15, 0.2) is 237 Å². The van der Waals surface area contributed by atoms with Crippen molar-refractivity contribution >= 4 is 60.7 Å². The minimum atomic E-state index is -0.118. The van der Waals surface area contributed by atoms with Crippen LogP contribution in [0.5, 0.6) is 0 Å². The molecule has 0 unspecified atom stereocenters. The first-order valence-electron chi connectivity index (χ1n) is 22.9. The molecule has 0 bridgehead atoms. The van der Waals surface area contributed by atoms with Crippen molar-refractivity contribution in [2.24, 2.45) is 0 Å². The Bertz CT molecular complexity index is 3840. The lowest BCUT2D eigenvalue weighted by Gasteiger charge is -2.29. The molecule has 0 N–H and O–H groups in total. The zero-order valence-electron chi connectivity index (χ0n) is 36.9. The predicted molar refractivity (Wildman–Crippen MR) is 278 cm³/mol. The summed E-state index contributed by atoms with van der Waals surface area (Å²) in [6.07, 6.45) is 0. The van der Waals surface area contributed by atoms with Crippen molar-refractivity contribution in [1.29, 1.82) is 0 Å². The molecule has 2 aromatic heterocycles. The second-order valence-electron chi connectivity index (χ2n) is 18.1. The molecule has 0 aliphatic heterocycles. The van der Waals surface area contributed by atoms with Gasteiger partial charge in [-0.05, 0) is 136 Å². The molecule has 0 saturated carbocycles. The van der Waals surface area contributed by atoms with Gasteiger partial charge in [-0.15, -0.1) is 0 Å². The molecule has 3 nitrogen and oxygen atoms in total. The van der Waals surface area contributed by atoms with Crippen molar-refractivity contribution in [3.63, 3.8) is 0 Å². The van der Waals surface area contributed by atoms with Crippen LogP contribution < -0.4 is 4.90 Å². The fourth-order valence-electron chi connectivity index (χ4n) is 11.0. The van der Waals surface area contributed by atoms with Crippen LogP contribution in [0.4, 0.5) is 17.1 Å². The molecular formula is C63H45N3. The van der Waals surface area contributed by atoms with E-state index in [9.17, 15) is 0 Å². The Morgan fingerprint density at radius 1 is 0.318 bits per heavy atom. The Hall–Kier alpha value is -8.40. The summed E-state index contributed by atoms with van der Waals surface area (Å²) >= 11 is 0. The normalized spacial score (nSPS) is 12.8. The van der Waals surface area contributed by atoms with Crippen molar-refractivity contribution in [1.82, 2.24) is 9.13 Å². The van der Waals surface area contributed by atoms with Crippen LogP contribution in [0.3, 0.4) is 0 Å². The maximum atomic E-state index is 2.44. The number of fused-ring (bicyclic) bond motifs is 9. The highest BCUT2D eigenvalue weighted by molar-refractivity contribution is 6.13.